The first-order valence-corrected chi connectivity index (χ1v) is 9.24. The average molecular weight is 397 g/mol. The third-order valence-electron chi connectivity index (χ3n) is 5.06. The van der Waals surface area contributed by atoms with Crippen molar-refractivity contribution in [3.05, 3.63) is 23.8 Å². The number of piperazine rings is 1. The van der Waals surface area contributed by atoms with Gasteiger partial charge >= 0.3 is 0 Å². The van der Waals surface area contributed by atoms with Crippen molar-refractivity contribution in [2.24, 2.45) is 5.92 Å². The number of anilines is 1. The second kappa shape index (κ2) is 9.92. The predicted molar refractivity (Wildman–Crippen MR) is 108 cm³/mol. The number of nitrogens with zero attached hydrogens (tertiary/aromatic N) is 2. The number of rotatable bonds is 6. The molecule has 150 valence electrons. The van der Waals surface area contributed by atoms with Crippen LogP contribution in [0.25, 0.3) is 0 Å². The maximum atomic E-state index is 12.5. The van der Waals surface area contributed by atoms with E-state index in [4.69, 9.17) is 4.74 Å². The molecule has 2 saturated heterocycles. The minimum absolute atomic E-state index is 0. The zero-order chi connectivity index (χ0) is 18.5. The van der Waals surface area contributed by atoms with Gasteiger partial charge in [0, 0.05) is 52.2 Å². The number of ether oxygens (including phenoxy) is 1. The van der Waals surface area contributed by atoms with Gasteiger partial charge in [0.05, 0.1) is 18.7 Å². The summed E-state index contributed by atoms with van der Waals surface area (Å²) < 4.78 is 5.38. The van der Waals surface area contributed by atoms with E-state index in [-0.39, 0.29) is 36.6 Å². The van der Waals surface area contributed by atoms with Crippen molar-refractivity contribution in [1.29, 1.82) is 0 Å². The Bertz CT molecular complexity index is 664. The van der Waals surface area contributed by atoms with E-state index in [1.165, 1.54) is 0 Å². The quantitative estimate of drug-likeness (QED) is 0.744. The predicted octanol–water partition coefficient (Wildman–Crippen LogP) is 0.800. The van der Waals surface area contributed by atoms with Crippen LogP contribution in [0.2, 0.25) is 0 Å². The molecule has 0 radical (unpaired) electrons. The van der Waals surface area contributed by atoms with Crippen LogP contribution in [0.5, 0.6) is 5.75 Å². The minimum atomic E-state index is -0.309. The van der Waals surface area contributed by atoms with Crippen molar-refractivity contribution >= 4 is 29.9 Å². The van der Waals surface area contributed by atoms with Crippen LogP contribution in [0.1, 0.15) is 12.0 Å². The minimum Gasteiger partial charge on any atom is -0.495 e. The number of nitrogens with one attached hydrogen (secondary N) is 2. The Balaban J connectivity index is 0.00000261. The van der Waals surface area contributed by atoms with E-state index in [0.717, 1.165) is 44.0 Å². The van der Waals surface area contributed by atoms with Crippen molar-refractivity contribution in [1.82, 2.24) is 15.5 Å². The van der Waals surface area contributed by atoms with Crippen molar-refractivity contribution in [2.45, 2.75) is 13.3 Å². The zero-order valence-corrected chi connectivity index (χ0v) is 16.8. The van der Waals surface area contributed by atoms with Crippen LogP contribution in [-0.2, 0) is 9.59 Å². The molecule has 2 aliphatic rings. The molecular weight excluding hydrogens is 368 g/mol. The van der Waals surface area contributed by atoms with Crippen molar-refractivity contribution in [2.75, 3.05) is 57.8 Å². The van der Waals surface area contributed by atoms with Gasteiger partial charge in [0.25, 0.3) is 0 Å². The molecule has 1 unspecified atom stereocenters. The van der Waals surface area contributed by atoms with Crippen molar-refractivity contribution in [3.63, 3.8) is 0 Å². The highest BCUT2D eigenvalue weighted by Crippen LogP contribution is 2.33. The summed E-state index contributed by atoms with van der Waals surface area (Å²) in [6, 6.07) is 5.74. The van der Waals surface area contributed by atoms with Gasteiger partial charge in [-0.25, -0.2) is 0 Å². The summed E-state index contributed by atoms with van der Waals surface area (Å²) in [6.45, 7) is 7.87. The fourth-order valence-corrected chi connectivity index (χ4v) is 3.54. The fourth-order valence-electron chi connectivity index (χ4n) is 3.54. The van der Waals surface area contributed by atoms with E-state index in [1.54, 1.807) is 12.0 Å². The maximum Gasteiger partial charge on any atom is 0.227 e. The molecule has 2 fully saturated rings. The van der Waals surface area contributed by atoms with Gasteiger partial charge in [-0.1, -0.05) is 6.07 Å². The molecule has 2 amide bonds. The van der Waals surface area contributed by atoms with E-state index in [2.05, 4.69) is 15.5 Å². The van der Waals surface area contributed by atoms with Crippen LogP contribution in [-0.4, -0.2) is 69.6 Å². The molecule has 27 heavy (non-hydrogen) atoms. The van der Waals surface area contributed by atoms with Crippen LogP contribution in [0.15, 0.2) is 18.2 Å². The standard InChI is InChI=1S/C19H28N4O3.ClH/c1-14-3-4-17(26-2)16(11-14)23-13-15(12-18(23)24)19(25)21-7-10-22-8-5-20-6-9-22;/h3-4,11,15,20H,5-10,12-13H2,1-2H3,(H,21,25);1H. The lowest BCUT2D eigenvalue weighted by Gasteiger charge is -2.27. The molecule has 0 saturated carbocycles. The lowest BCUT2D eigenvalue weighted by atomic mass is 10.1. The van der Waals surface area contributed by atoms with Gasteiger partial charge in [-0.3, -0.25) is 14.5 Å². The first kappa shape index (κ1) is 21.5. The van der Waals surface area contributed by atoms with Gasteiger partial charge < -0.3 is 20.3 Å². The first-order chi connectivity index (χ1) is 12.6. The normalized spacial score (nSPS) is 20.3. The van der Waals surface area contributed by atoms with Gasteiger partial charge in [0.15, 0.2) is 0 Å². The van der Waals surface area contributed by atoms with Crippen LogP contribution in [0.3, 0.4) is 0 Å². The average Bonchev–Trinajstić information content (AvgIpc) is 3.04. The second-order valence-electron chi connectivity index (χ2n) is 6.96. The Kier molecular flexibility index (Phi) is 7.89. The molecule has 0 aromatic heterocycles. The molecule has 1 aromatic rings. The van der Waals surface area contributed by atoms with Gasteiger partial charge in [0.2, 0.25) is 11.8 Å². The molecule has 2 heterocycles. The van der Waals surface area contributed by atoms with Crippen LogP contribution in [0.4, 0.5) is 5.69 Å². The maximum absolute atomic E-state index is 12.5. The van der Waals surface area contributed by atoms with Gasteiger partial charge in [-0.2, -0.15) is 0 Å². The highest BCUT2D eigenvalue weighted by atomic mass is 35.5. The third kappa shape index (κ3) is 5.34. The number of hydrogen-bond donors (Lipinski definition) is 2. The molecule has 7 nitrogen and oxygen atoms in total. The van der Waals surface area contributed by atoms with Crippen LogP contribution in [0, 0.1) is 12.8 Å². The summed E-state index contributed by atoms with van der Waals surface area (Å²) in [5.74, 6) is 0.276. The zero-order valence-electron chi connectivity index (χ0n) is 16.0. The number of carbonyl (C=O) groups excluding carboxylic acids is 2. The lowest BCUT2D eigenvalue weighted by molar-refractivity contribution is -0.126. The number of benzene rings is 1. The SMILES string of the molecule is COc1ccc(C)cc1N1CC(C(=O)NCCN2CCNCC2)CC1=O.Cl. The highest BCUT2D eigenvalue weighted by Gasteiger charge is 2.36. The number of methoxy groups -OCH3 is 1. The van der Waals surface area contributed by atoms with E-state index >= 15 is 0 Å². The van der Waals surface area contributed by atoms with E-state index in [1.807, 2.05) is 25.1 Å². The Labute approximate surface area is 166 Å². The van der Waals surface area contributed by atoms with Gasteiger partial charge in [-0.05, 0) is 24.6 Å². The molecule has 0 spiro atoms. The Morgan fingerprint density at radius 3 is 2.78 bits per heavy atom. The second-order valence-corrected chi connectivity index (χ2v) is 6.96. The summed E-state index contributed by atoms with van der Waals surface area (Å²) in [5.41, 5.74) is 1.80. The topological polar surface area (TPSA) is 73.9 Å². The third-order valence-corrected chi connectivity index (χ3v) is 5.06. The summed E-state index contributed by atoms with van der Waals surface area (Å²) in [7, 11) is 1.59. The number of amides is 2. The molecule has 8 heteroatoms. The number of hydrogen-bond acceptors (Lipinski definition) is 5. The number of halogens is 1. The summed E-state index contributed by atoms with van der Waals surface area (Å²) in [6.07, 6.45) is 0.247. The first-order valence-electron chi connectivity index (χ1n) is 9.24. The molecule has 0 bridgehead atoms. The number of aryl methyl sites for hydroxylation is 1. The van der Waals surface area contributed by atoms with Crippen molar-refractivity contribution in [3.8, 4) is 5.75 Å². The molecule has 1 aromatic carbocycles. The van der Waals surface area contributed by atoms with E-state index < -0.39 is 0 Å². The van der Waals surface area contributed by atoms with Crippen LogP contribution >= 0.6 is 12.4 Å². The Morgan fingerprint density at radius 2 is 2.07 bits per heavy atom. The monoisotopic (exact) mass is 396 g/mol. The van der Waals surface area contributed by atoms with Gasteiger partial charge in [-0.15, -0.1) is 12.4 Å². The van der Waals surface area contributed by atoms with Crippen molar-refractivity contribution < 1.29 is 14.3 Å². The van der Waals surface area contributed by atoms with E-state index in [0.29, 0.717) is 18.8 Å². The summed E-state index contributed by atoms with van der Waals surface area (Å²) in [5, 5.41) is 6.31. The molecule has 1 atom stereocenters. The highest BCUT2D eigenvalue weighted by molar-refractivity contribution is 6.01. The summed E-state index contributed by atoms with van der Waals surface area (Å²) in [4.78, 5) is 29.0. The molecular formula is C19H29ClN4O3. The lowest BCUT2D eigenvalue weighted by Crippen LogP contribution is -2.46. The smallest absolute Gasteiger partial charge is 0.227 e. The van der Waals surface area contributed by atoms with Crippen LogP contribution < -0.4 is 20.3 Å². The number of carbonyl (C=O) groups is 2. The fraction of sp³-hybridized carbons (Fsp3) is 0.579. The molecule has 0 aliphatic carbocycles. The van der Waals surface area contributed by atoms with E-state index in [9.17, 15) is 9.59 Å². The Hall–Kier alpha value is -1.83. The molecule has 2 aliphatic heterocycles. The Morgan fingerprint density at radius 1 is 1.33 bits per heavy atom. The molecule has 2 N–H and O–H groups in total. The largest absolute Gasteiger partial charge is 0.495 e. The summed E-state index contributed by atoms with van der Waals surface area (Å²) >= 11 is 0. The van der Waals surface area contributed by atoms with Gasteiger partial charge in [0.1, 0.15) is 5.75 Å². The molecule has 3 rings (SSSR count).